The number of carbonyl (C=O) groups is 2. The second-order valence-electron chi connectivity index (χ2n) is 3.98. The van der Waals surface area contributed by atoms with Crippen molar-refractivity contribution in [2.75, 3.05) is 40.0 Å². The summed E-state index contributed by atoms with van der Waals surface area (Å²) in [6.45, 7) is 2.17. The summed E-state index contributed by atoms with van der Waals surface area (Å²) in [7, 11) is 1.57. The predicted molar refractivity (Wildman–Crippen MR) is 54.9 cm³/mol. The molecule has 90 valence electrons. The largest absolute Gasteiger partial charge is 0.383 e. The van der Waals surface area contributed by atoms with E-state index < -0.39 is 0 Å². The van der Waals surface area contributed by atoms with Gasteiger partial charge in [0.25, 0.3) is 5.91 Å². The molecule has 0 bridgehead atoms. The monoisotopic (exact) mass is 228 g/mol. The Hall–Kier alpha value is -1.14. The van der Waals surface area contributed by atoms with E-state index in [4.69, 9.17) is 9.47 Å². The lowest BCUT2D eigenvalue weighted by Crippen LogP contribution is -2.42. The summed E-state index contributed by atoms with van der Waals surface area (Å²) in [5.74, 6) is -0.128. The molecule has 1 atom stereocenters. The van der Waals surface area contributed by atoms with Gasteiger partial charge in [-0.2, -0.15) is 0 Å². The maximum atomic E-state index is 11.9. The van der Waals surface area contributed by atoms with E-state index in [0.29, 0.717) is 26.4 Å². The molecule has 0 aliphatic carbocycles. The number of hydrogen-bond acceptors (Lipinski definition) is 4. The molecule has 2 heterocycles. The Balaban J connectivity index is 1.98. The molecule has 1 unspecified atom stereocenters. The number of methoxy groups -OCH3 is 1. The molecule has 2 saturated heterocycles. The minimum Gasteiger partial charge on any atom is -0.383 e. The van der Waals surface area contributed by atoms with Gasteiger partial charge in [-0.05, 0) is 6.42 Å². The Morgan fingerprint density at radius 3 is 2.94 bits per heavy atom. The predicted octanol–water partition coefficient (Wildman–Crippen LogP) is -0.314. The summed E-state index contributed by atoms with van der Waals surface area (Å²) in [4.78, 5) is 26.5. The van der Waals surface area contributed by atoms with Gasteiger partial charge >= 0.3 is 6.03 Å². The molecule has 0 aromatic carbocycles. The number of nitrogens with zero attached hydrogens (tertiary/aromatic N) is 2. The molecule has 6 nitrogen and oxygen atoms in total. The minimum atomic E-state index is -0.211. The maximum absolute atomic E-state index is 11.9. The molecule has 16 heavy (non-hydrogen) atoms. The van der Waals surface area contributed by atoms with E-state index in [1.165, 1.54) is 9.80 Å². The first kappa shape index (κ1) is 11.3. The summed E-state index contributed by atoms with van der Waals surface area (Å²) in [5.41, 5.74) is 0. The molecule has 6 heteroatoms. The highest BCUT2D eigenvalue weighted by atomic mass is 16.5. The van der Waals surface area contributed by atoms with E-state index in [1.807, 2.05) is 0 Å². The van der Waals surface area contributed by atoms with Crippen molar-refractivity contribution < 1.29 is 19.1 Å². The van der Waals surface area contributed by atoms with Crippen LogP contribution in [0.2, 0.25) is 0 Å². The van der Waals surface area contributed by atoms with Crippen molar-refractivity contribution in [2.24, 2.45) is 0 Å². The zero-order valence-electron chi connectivity index (χ0n) is 9.35. The molecule has 0 aromatic rings. The molecule has 2 rings (SSSR count). The Morgan fingerprint density at radius 1 is 1.50 bits per heavy atom. The van der Waals surface area contributed by atoms with E-state index in [0.717, 1.165) is 6.42 Å². The molecule has 0 spiro atoms. The third-order valence-corrected chi connectivity index (χ3v) is 2.91. The lowest BCUT2D eigenvalue weighted by Gasteiger charge is -2.21. The van der Waals surface area contributed by atoms with Crippen molar-refractivity contribution in [3.8, 4) is 0 Å². The fourth-order valence-corrected chi connectivity index (χ4v) is 2.03. The number of carbonyl (C=O) groups excluding carboxylic acids is 2. The van der Waals surface area contributed by atoms with Crippen LogP contribution >= 0.6 is 0 Å². The van der Waals surface area contributed by atoms with Gasteiger partial charge in [-0.3, -0.25) is 9.69 Å². The topological polar surface area (TPSA) is 59.1 Å². The van der Waals surface area contributed by atoms with E-state index in [1.54, 1.807) is 7.11 Å². The van der Waals surface area contributed by atoms with Crippen molar-refractivity contribution in [2.45, 2.75) is 12.5 Å². The van der Waals surface area contributed by atoms with E-state index in [9.17, 15) is 9.59 Å². The first-order valence-corrected chi connectivity index (χ1v) is 5.41. The zero-order valence-corrected chi connectivity index (χ0v) is 9.35. The lowest BCUT2D eigenvalue weighted by molar-refractivity contribution is -0.126. The summed E-state index contributed by atoms with van der Waals surface area (Å²) in [6, 6.07) is -0.287. The molecular weight excluding hydrogens is 212 g/mol. The molecule has 2 aliphatic rings. The number of ether oxygens (including phenoxy) is 2. The van der Waals surface area contributed by atoms with Gasteiger partial charge in [0.1, 0.15) is 6.54 Å². The second-order valence-corrected chi connectivity index (χ2v) is 3.98. The standard InChI is InChI=1S/C10H16N2O4/c1-15-5-3-11-6-9(13)12(10(11)14)8-2-4-16-7-8/h8H,2-7H2,1H3. The average Bonchev–Trinajstić information content (AvgIpc) is 2.85. The molecule has 0 aromatic heterocycles. The van der Waals surface area contributed by atoms with Crippen molar-refractivity contribution >= 4 is 11.9 Å². The summed E-state index contributed by atoms with van der Waals surface area (Å²) < 4.78 is 10.1. The third-order valence-electron chi connectivity index (χ3n) is 2.91. The Bertz CT molecular complexity index is 289. The van der Waals surface area contributed by atoms with E-state index in [2.05, 4.69) is 0 Å². The second kappa shape index (κ2) is 4.80. The Labute approximate surface area is 94.1 Å². The van der Waals surface area contributed by atoms with Gasteiger partial charge in [-0.1, -0.05) is 0 Å². The van der Waals surface area contributed by atoms with Gasteiger partial charge in [0.05, 0.1) is 19.3 Å². The van der Waals surface area contributed by atoms with Gasteiger partial charge in [-0.25, -0.2) is 4.79 Å². The summed E-state index contributed by atoms with van der Waals surface area (Å²) >= 11 is 0. The number of amides is 3. The molecule has 0 saturated carbocycles. The van der Waals surface area contributed by atoms with Gasteiger partial charge in [0.2, 0.25) is 0 Å². The highest BCUT2D eigenvalue weighted by Crippen LogP contribution is 2.19. The lowest BCUT2D eigenvalue weighted by atomic mass is 10.2. The van der Waals surface area contributed by atoms with Crippen LogP contribution in [0.5, 0.6) is 0 Å². The number of rotatable bonds is 4. The first-order valence-electron chi connectivity index (χ1n) is 5.41. The third kappa shape index (κ3) is 2.03. The smallest absolute Gasteiger partial charge is 0.327 e. The molecule has 0 radical (unpaired) electrons. The van der Waals surface area contributed by atoms with Gasteiger partial charge in [0, 0.05) is 20.3 Å². The van der Waals surface area contributed by atoms with Gasteiger partial charge in [0.15, 0.2) is 0 Å². The molecule has 0 N–H and O–H groups in total. The normalized spacial score (nSPS) is 25.9. The van der Waals surface area contributed by atoms with Crippen LogP contribution in [0.3, 0.4) is 0 Å². The summed E-state index contributed by atoms with van der Waals surface area (Å²) in [6.07, 6.45) is 0.746. The number of imide groups is 1. The van der Waals surface area contributed by atoms with Gasteiger partial charge in [-0.15, -0.1) is 0 Å². The molecular formula is C10H16N2O4. The fourth-order valence-electron chi connectivity index (χ4n) is 2.03. The van der Waals surface area contributed by atoms with Crippen LogP contribution in [0.25, 0.3) is 0 Å². The van der Waals surface area contributed by atoms with Crippen molar-refractivity contribution in [1.82, 2.24) is 9.80 Å². The van der Waals surface area contributed by atoms with Crippen LogP contribution in [-0.4, -0.2) is 67.8 Å². The molecule has 2 aliphatic heterocycles. The quantitative estimate of drug-likeness (QED) is 0.619. The zero-order chi connectivity index (χ0) is 11.5. The van der Waals surface area contributed by atoms with Crippen molar-refractivity contribution in [1.29, 1.82) is 0 Å². The maximum Gasteiger partial charge on any atom is 0.327 e. The van der Waals surface area contributed by atoms with Crippen molar-refractivity contribution in [3.63, 3.8) is 0 Å². The van der Waals surface area contributed by atoms with E-state index >= 15 is 0 Å². The SMILES string of the molecule is COCCN1CC(=O)N(C2CCOC2)C1=O. The number of hydrogen-bond donors (Lipinski definition) is 0. The first-order chi connectivity index (χ1) is 7.74. The van der Waals surface area contributed by atoms with Crippen LogP contribution in [0.15, 0.2) is 0 Å². The highest BCUT2D eigenvalue weighted by molar-refractivity contribution is 6.02. The number of urea groups is 1. The van der Waals surface area contributed by atoms with Crippen LogP contribution in [0, 0.1) is 0 Å². The summed E-state index contributed by atoms with van der Waals surface area (Å²) in [5, 5.41) is 0. The van der Waals surface area contributed by atoms with Crippen LogP contribution in [0.1, 0.15) is 6.42 Å². The highest BCUT2D eigenvalue weighted by Gasteiger charge is 2.41. The van der Waals surface area contributed by atoms with Gasteiger partial charge < -0.3 is 14.4 Å². The van der Waals surface area contributed by atoms with Crippen LogP contribution < -0.4 is 0 Å². The van der Waals surface area contributed by atoms with Crippen LogP contribution in [0.4, 0.5) is 4.79 Å². The Kier molecular flexibility index (Phi) is 3.40. The fraction of sp³-hybridized carbons (Fsp3) is 0.800. The minimum absolute atomic E-state index is 0.0763. The van der Waals surface area contributed by atoms with Crippen molar-refractivity contribution in [3.05, 3.63) is 0 Å². The Morgan fingerprint density at radius 2 is 2.31 bits per heavy atom. The van der Waals surface area contributed by atoms with E-state index in [-0.39, 0.29) is 24.5 Å². The van der Waals surface area contributed by atoms with Crippen LogP contribution in [-0.2, 0) is 14.3 Å². The molecule has 3 amide bonds. The average molecular weight is 228 g/mol. The molecule has 2 fully saturated rings.